The lowest BCUT2D eigenvalue weighted by Gasteiger charge is -2.39. The maximum absolute atomic E-state index is 12.3. The molecule has 2 aliphatic heterocycles. The van der Waals surface area contributed by atoms with E-state index in [1.54, 1.807) is 4.90 Å². The number of piperazine rings is 1. The minimum atomic E-state index is -0.460. The van der Waals surface area contributed by atoms with E-state index in [1.165, 1.54) is 5.56 Å². The van der Waals surface area contributed by atoms with Gasteiger partial charge in [0, 0.05) is 32.8 Å². The number of guanidine groups is 1. The van der Waals surface area contributed by atoms with Crippen molar-refractivity contribution >= 4 is 12.1 Å². The maximum Gasteiger partial charge on any atom is 0.410 e. The molecule has 1 aromatic carbocycles. The molecule has 0 saturated carbocycles. The Labute approximate surface area is 180 Å². The largest absolute Gasteiger partial charge is 0.444 e. The number of ether oxygens (including phenoxy) is 2. The highest BCUT2D eigenvalue weighted by Crippen LogP contribution is 2.18. The second kappa shape index (κ2) is 10.7. The molecule has 2 aliphatic rings. The van der Waals surface area contributed by atoms with E-state index >= 15 is 0 Å². The molecule has 7 heteroatoms. The Balaban J connectivity index is 1.26. The van der Waals surface area contributed by atoms with Crippen LogP contribution in [0.15, 0.2) is 35.3 Å². The van der Waals surface area contributed by atoms with Crippen LogP contribution in [0.25, 0.3) is 0 Å². The predicted molar refractivity (Wildman–Crippen MR) is 119 cm³/mol. The standard InChI is InChI=1S/C23H36N4O3/c1-23(2,3)30-22(28)26-13-14-27-20(18-26)17-25-21(27)24-12-7-8-15-29-16-11-19-9-5-4-6-10-19/h4-6,9-10,20H,7-8,11-18H2,1-3H3,(H,24,25). The number of nitrogens with zero attached hydrogens (tertiary/aromatic N) is 3. The summed E-state index contributed by atoms with van der Waals surface area (Å²) in [5.74, 6) is 0.967. The summed E-state index contributed by atoms with van der Waals surface area (Å²) in [5, 5.41) is 3.47. The van der Waals surface area contributed by atoms with Gasteiger partial charge in [0.1, 0.15) is 5.60 Å². The van der Waals surface area contributed by atoms with Crippen molar-refractivity contribution in [3.8, 4) is 0 Å². The van der Waals surface area contributed by atoms with Crippen LogP contribution in [0.3, 0.4) is 0 Å². The first-order valence-corrected chi connectivity index (χ1v) is 11.1. The third-order valence-electron chi connectivity index (χ3n) is 5.23. The highest BCUT2D eigenvalue weighted by Gasteiger charge is 2.36. The van der Waals surface area contributed by atoms with Crippen molar-refractivity contribution < 1.29 is 14.3 Å². The van der Waals surface area contributed by atoms with Gasteiger partial charge < -0.3 is 24.6 Å². The summed E-state index contributed by atoms with van der Waals surface area (Å²) < 4.78 is 11.2. The zero-order chi connectivity index (χ0) is 21.4. The third kappa shape index (κ3) is 6.90. The van der Waals surface area contributed by atoms with Crippen molar-refractivity contribution in [3.05, 3.63) is 35.9 Å². The lowest BCUT2D eigenvalue weighted by Crippen LogP contribution is -2.57. The van der Waals surface area contributed by atoms with Gasteiger partial charge in [0.05, 0.1) is 19.2 Å². The van der Waals surface area contributed by atoms with Gasteiger partial charge in [-0.05, 0) is 45.6 Å². The van der Waals surface area contributed by atoms with Crippen LogP contribution < -0.4 is 5.32 Å². The van der Waals surface area contributed by atoms with Crippen molar-refractivity contribution in [2.45, 2.75) is 51.7 Å². The van der Waals surface area contributed by atoms with E-state index in [-0.39, 0.29) is 12.1 Å². The second-order valence-corrected chi connectivity index (χ2v) is 8.92. The predicted octanol–water partition coefficient (Wildman–Crippen LogP) is 2.91. The van der Waals surface area contributed by atoms with Gasteiger partial charge in [-0.3, -0.25) is 4.99 Å². The molecular weight excluding hydrogens is 380 g/mol. The summed E-state index contributed by atoms with van der Waals surface area (Å²) in [6.07, 6.45) is 2.82. The molecule has 3 rings (SSSR count). The van der Waals surface area contributed by atoms with Gasteiger partial charge in [-0.25, -0.2) is 4.79 Å². The minimum absolute atomic E-state index is 0.226. The molecule has 1 aromatic rings. The number of hydrogen-bond donors (Lipinski definition) is 1. The van der Waals surface area contributed by atoms with Crippen LogP contribution in [-0.2, 0) is 15.9 Å². The van der Waals surface area contributed by atoms with Gasteiger partial charge in [-0.2, -0.15) is 0 Å². The number of nitrogens with one attached hydrogen (secondary N) is 1. The fraction of sp³-hybridized carbons (Fsp3) is 0.652. The number of benzene rings is 1. The average Bonchev–Trinajstić information content (AvgIpc) is 3.12. The zero-order valence-corrected chi connectivity index (χ0v) is 18.6. The quantitative estimate of drug-likeness (QED) is 0.660. The molecule has 1 fully saturated rings. The SMILES string of the molecule is CC(C)(C)OC(=O)N1CCN2C(NCCCCOCCc3ccccc3)=NCC2C1. The lowest BCUT2D eigenvalue weighted by molar-refractivity contribution is 0.0137. The minimum Gasteiger partial charge on any atom is -0.444 e. The second-order valence-electron chi connectivity index (χ2n) is 8.92. The van der Waals surface area contributed by atoms with E-state index in [4.69, 9.17) is 9.47 Å². The Hall–Kier alpha value is -2.28. The third-order valence-corrected chi connectivity index (χ3v) is 5.23. The molecule has 1 amide bonds. The average molecular weight is 417 g/mol. The smallest absolute Gasteiger partial charge is 0.410 e. The van der Waals surface area contributed by atoms with Crippen LogP contribution in [0.2, 0.25) is 0 Å². The molecule has 1 unspecified atom stereocenters. The summed E-state index contributed by atoms with van der Waals surface area (Å²) in [7, 11) is 0. The Bertz CT molecular complexity index is 702. The molecular formula is C23H36N4O3. The van der Waals surface area contributed by atoms with Gasteiger partial charge in [0.2, 0.25) is 0 Å². The van der Waals surface area contributed by atoms with Crippen molar-refractivity contribution in [2.24, 2.45) is 4.99 Å². The first kappa shape index (κ1) is 22.4. The van der Waals surface area contributed by atoms with Gasteiger partial charge in [0.15, 0.2) is 5.96 Å². The van der Waals surface area contributed by atoms with Crippen LogP contribution in [-0.4, -0.2) is 79.4 Å². The molecule has 0 aromatic heterocycles. The first-order valence-electron chi connectivity index (χ1n) is 11.1. The van der Waals surface area contributed by atoms with Gasteiger partial charge in [0.25, 0.3) is 0 Å². The van der Waals surface area contributed by atoms with Crippen LogP contribution in [0, 0.1) is 0 Å². The van der Waals surface area contributed by atoms with Gasteiger partial charge in [-0.1, -0.05) is 30.3 Å². The number of carbonyl (C=O) groups excluding carboxylic acids is 1. The molecule has 1 saturated heterocycles. The van der Waals surface area contributed by atoms with E-state index < -0.39 is 5.60 Å². The fourth-order valence-corrected chi connectivity index (χ4v) is 3.69. The number of fused-ring (bicyclic) bond motifs is 1. The van der Waals surface area contributed by atoms with Crippen LogP contribution in [0.4, 0.5) is 4.79 Å². The first-order chi connectivity index (χ1) is 14.4. The summed E-state index contributed by atoms with van der Waals surface area (Å²) in [4.78, 5) is 21.0. The molecule has 0 radical (unpaired) electrons. The van der Waals surface area contributed by atoms with E-state index in [9.17, 15) is 4.79 Å². The molecule has 1 N–H and O–H groups in total. The van der Waals surface area contributed by atoms with E-state index in [1.807, 2.05) is 26.8 Å². The summed E-state index contributed by atoms with van der Waals surface area (Å²) >= 11 is 0. The van der Waals surface area contributed by atoms with E-state index in [0.29, 0.717) is 13.1 Å². The number of aliphatic imine (C=N–C) groups is 1. The molecule has 2 heterocycles. The van der Waals surface area contributed by atoms with Crippen molar-refractivity contribution in [1.29, 1.82) is 0 Å². The normalized spacial score (nSPS) is 18.8. The van der Waals surface area contributed by atoms with E-state index in [0.717, 1.165) is 58.1 Å². The van der Waals surface area contributed by atoms with Gasteiger partial charge >= 0.3 is 6.09 Å². The molecule has 30 heavy (non-hydrogen) atoms. The summed E-state index contributed by atoms with van der Waals surface area (Å²) in [5.41, 5.74) is 0.859. The van der Waals surface area contributed by atoms with Crippen LogP contribution >= 0.6 is 0 Å². The summed E-state index contributed by atoms with van der Waals surface area (Å²) in [6, 6.07) is 10.7. The fourth-order valence-electron chi connectivity index (χ4n) is 3.69. The number of amides is 1. The Kier molecular flexibility index (Phi) is 7.96. The van der Waals surface area contributed by atoms with Crippen molar-refractivity contribution in [2.75, 3.05) is 45.9 Å². The lowest BCUT2D eigenvalue weighted by atomic mass is 10.2. The highest BCUT2D eigenvalue weighted by atomic mass is 16.6. The Morgan fingerprint density at radius 1 is 1.17 bits per heavy atom. The zero-order valence-electron chi connectivity index (χ0n) is 18.6. The molecule has 0 bridgehead atoms. The topological polar surface area (TPSA) is 66.4 Å². The monoisotopic (exact) mass is 416 g/mol. The summed E-state index contributed by atoms with van der Waals surface area (Å²) in [6.45, 7) is 11.0. The molecule has 0 aliphatic carbocycles. The van der Waals surface area contributed by atoms with Crippen molar-refractivity contribution in [3.63, 3.8) is 0 Å². The number of hydrogen-bond acceptors (Lipinski definition) is 6. The number of rotatable bonds is 8. The van der Waals surface area contributed by atoms with Crippen LogP contribution in [0.5, 0.6) is 0 Å². The number of unbranched alkanes of at least 4 members (excludes halogenated alkanes) is 1. The Morgan fingerprint density at radius 3 is 2.73 bits per heavy atom. The van der Waals surface area contributed by atoms with E-state index in [2.05, 4.69) is 39.5 Å². The highest BCUT2D eigenvalue weighted by molar-refractivity contribution is 5.82. The van der Waals surface area contributed by atoms with Crippen LogP contribution in [0.1, 0.15) is 39.2 Å². The molecule has 0 spiro atoms. The van der Waals surface area contributed by atoms with Crippen molar-refractivity contribution in [1.82, 2.24) is 15.1 Å². The van der Waals surface area contributed by atoms with Gasteiger partial charge in [-0.15, -0.1) is 0 Å². The Morgan fingerprint density at radius 2 is 1.97 bits per heavy atom. The maximum atomic E-state index is 12.3. The number of carbonyl (C=O) groups is 1. The molecule has 7 nitrogen and oxygen atoms in total. The molecule has 1 atom stereocenters. The molecule has 166 valence electrons.